The van der Waals surface area contributed by atoms with E-state index >= 15 is 0 Å². The van der Waals surface area contributed by atoms with Crippen LogP contribution in [0.25, 0.3) is 0 Å². The minimum Gasteiger partial charge on any atom is -0.461 e. The molecule has 0 spiro atoms. The molecule has 0 radical (unpaired) electrons. The summed E-state index contributed by atoms with van der Waals surface area (Å²) in [6, 6.07) is 0. The molecule has 0 aromatic heterocycles. The van der Waals surface area contributed by atoms with E-state index in [1.165, 1.54) is 0 Å². The van der Waals surface area contributed by atoms with E-state index < -0.39 is 22.5 Å². The van der Waals surface area contributed by atoms with Gasteiger partial charge in [0.15, 0.2) is 5.60 Å². The van der Waals surface area contributed by atoms with Crippen molar-refractivity contribution in [1.82, 2.24) is 0 Å². The van der Waals surface area contributed by atoms with Gasteiger partial charge in [-0.3, -0.25) is 0 Å². The Hall–Kier alpha value is -0.870. The molecule has 8 nitrogen and oxygen atoms in total. The van der Waals surface area contributed by atoms with Gasteiger partial charge in [-0.05, 0) is 80.6 Å². The fourth-order valence-electron chi connectivity index (χ4n) is 3.45. The van der Waals surface area contributed by atoms with E-state index in [1.807, 2.05) is 27.7 Å². The molecule has 194 valence electrons. The average Bonchev–Trinajstić information content (AvgIpc) is 2.92. The van der Waals surface area contributed by atoms with Crippen LogP contribution in [0.2, 0.25) is 0 Å². The number of carbonyl (C=O) groups excluding carboxylic acids is 2. The van der Waals surface area contributed by atoms with Crippen molar-refractivity contribution < 1.29 is 38.0 Å². The van der Waals surface area contributed by atoms with Crippen LogP contribution in [0.15, 0.2) is 0 Å². The zero-order chi connectivity index (χ0) is 25.1. The molecule has 3 atom stereocenters. The normalized spacial score (nSPS) is 21.5. The molecule has 9 heteroatoms. The lowest BCUT2D eigenvalue weighted by molar-refractivity contribution is -0.177. The van der Waals surface area contributed by atoms with E-state index in [-0.39, 0.29) is 37.6 Å². The van der Waals surface area contributed by atoms with Gasteiger partial charge in [-0.15, -0.1) is 12.6 Å². The predicted molar refractivity (Wildman–Crippen MR) is 128 cm³/mol. The van der Waals surface area contributed by atoms with Crippen LogP contribution in [0.4, 0.5) is 0 Å². The molecular weight excluding hydrogens is 448 g/mol. The molecule has 1 aliphatic carbocycles. The second-order valence-electron chi connectivity index (χ2n) is 9.59. The maximum atomic E-state index is 12.4. The maximum absolute atomic E-state index is 12.4. The Kier molecular flexibility index (Phi) is 13.3. The quantitative estimate of drug-likeness (QED) is 0.128. The summed E-state index contributed by atoms with van der Waals surface area (Å²) in [6.07, 6.45) is 3.75. The molecule has 3 unspecified atom stereocenters. The Morgan fingerprint density at radius 3 is 1.70 bits per heavy atom. The Morgan fingerprint density at radius 2 is 1.21 bits per heavy atom. The van der Waals surface area contributed by atoms with E-state index in [4.69, 9.17) is 28.4 Å². The van der Waals surface area contributed by atoms with Gasteiger partial charge in [-0.25, -0.2) is 9.59 Å². The third kappa shape index (κ3) is 12.4. The summed E-state index contributed by atoms with van der Waals surface area (Å²) >= 11 is 4.40. The largest absolute Gasteiger partial charge is 0.461 e. The highest BCUT2D eigenvalue weighted by atomic mass is 32.1. The molecule has 0 aliphatic heterocycles. The number of hydrogen-bond acceptors (Lipinski definition) is 9. The van der Waals surface area contributed by atoms with Crippen LogP contribution in [0.5, 0.6) is 0 Å². The second kappa shape index (κ2) is 14.5. The number of esters is 2. The zero-order valence-corrected chi connectivity index (χ0v) is 22.3. The third-order valence-electron chi connectivity index (χ3n) is 5.13. The number of rotatable bonds is 14. The van der Waals surface area contributed by atoms with Crippen molar-refractivity contribution in [3.8, 4) is 0 Å². The first kappa shape index (κ1) is 30.2. The van der Waals surface area contributed by atoms with Crippen molar-refractivity contribution in [2.24, 2.45) is 0 Å². The lowest BCUT2D eigenvalue weighted by Crippen LogP contribution is -2.41. The lowest BCUT2D eigenvalue weighted by Gasteiger charge is -2.29. The molecular formula is C24H44O8S. The number of carbonyl (C=O) groups is 2. The summed E-state index contributed by atoms with van der Waals surface area (Å²) in [4.78, 5) is 23.5. The van der Waals surface area contributed by atoms with Crippen molar-refractivity contribution in [3.05, 3.63) is 0 Å². The van der Waals surface area contributed by atoms with E-state index in [1.54, 1.807) is 20.8 Å². The van der Waals surface area contributed by atoms with Gasteiger partial charge in [0.05, 0.1) is 37.6 Å². The van der Waals surface area contributed by atoms with Crippen LogP contribution in [-0.4, -0.2) is 73.3 Å². The van der Waals surface area contributed by atoms with Gasteiger partial charge >= 0.3 is 11.9 Å². The monoisotopic (exact) mass is 492 g/mol. The fourth-order valence-corrected chi connectivity index (χ4v) is 3.66. The molecule has 1 aliphatic rings. The zero-order valence-electron chi connectivity index (χ0n) is 21.4. The van der Waals surface area contributed by atoms with Gasteiger partial charge in [-0.2, -0.15) is 0 Å². The molecule has 0 aromatic carbocycles. The molecule has 0 N–H and O–H groups in total. The second-order valence-corrected chi connectivity index (χ2v) is 10.4. The van der Waals surface area contributed by atoms with Crippen molar-refractivity contribution in [1.29, 1.82) is 0 Å². The summed E-state index contributed by atoms with van der Waals surface area (Å²) in [5.74, 6) is -0.931. The first-order valence-electron chi connectivity index (χ1n) is 12.0. The molecule has 0 saturated heterocycles. The first-order valence-corrected chi connectivity index (χ1v) is 12.4. The van der Waals surface area contributed by atoms with Gasteiger partial charge in [0.1, 0.15) is 13.2 Å². The van der Waals surface area contributed by atoms with Crippen molar-refractivity contribution >= 4 is 24.6 Å². The summed E-state index contributed by atoms with van der Waals surface area (Å²) in [5, 5.41) is 0. The molecule has 0 amide bonds. The van der Waals surface area contributed by atoms with E-state index in [0.717, 1.165) is 19.3 Å². The number of thiol groups is 1. The molecule has 1 rings (SSSR count). The summed E-state index contributed by atoms with van der Waals surface area (Å²) in [7, 11) is 0. The van der Waals surface area contributed by atoms with Crippen LogP contribution in [0.1, 0.15) is 80.6 Å². The van der Waals surface area contributed by atoms with E-state index in [9.17, 15) is 9.59 Å². The SMILES string of the molecule is CC(C)OCCOC(=O)C(C)(C)OC1CCCC(OC(C)(S)C(=O)OCCOC(C)C)CC1. The highest BCUT2D eigenvalue weighted by molar-refractivity contribution is 7.82. The Balaban J connectivity index is 2.45. The van der Waals surface area contributed by atoms with Crippen LogP contribution in [-0.2, 0) is 38.0 Å². The fraction of sp³-hybridized carbons (Fsp3) is 0.917. The van der Waals surface area contributed by atoms with Gasteiger partial charge in [-0.1, -0.05) is 0 Å². The van der Waals surface area contributed by atoms with Crippen molar-refractivity contribution in [2.45, 2.75) is 116 Å². The predicted octanol–water partition coefficient (Wildman–Crippen LogP) is 4.08. The van der Waals surface area contributed by atoms with Crippen molar-refractivity contribution in [2.75, 3.05) is 26.4 Å². The van der Waals surface area contributed by atoms with E-state index in [0.29, 0.717) is 26.1 Å². The van der Waals surface area contributed by atoms with Gasteiger partial charge in [0, 0.05) is 0 Å². The minimum absolute atomic E-state index is 0.0780. The third-order valence-corrected chi connectivity index (χ3v) is 5.41. The minimum atomic E-state index is -1.34. The van der Waals surface area contributed by atoms with Gasteiger partial charge < -0.3 is 28.4 Å². The van der Waals surface area contributed by atoms with Crippen LogP contribution in [0.3, 0.4) is 0 Å². The van der Waals surface area contributed by atoms with E-state index in [2.05, 4.69) is 12.6 Å². The highest BCUT2D eigenvalue weighted by Gasteiger charge is 2.37. The average molecular weight is 493 g/mol. The first-order chi connectivity index (χ1) is 15.3. The highest BCUT2D eigenvalue weighted by Crippen LogP contribution is 2.30. The van der Waals surface area contributed by atoms with Gasteiger partial charge in [0.2, 0.25) is 4.93 Å². The molecule has 0 heterocycles. The van der Waals surface area contributed by atoms with Crippen molar-refractivity contribution in [3.63, 3.8) is 0 Å². The molecule has 1 fully saturated rings. The topological polar surface area (TPSA) is 89.5 Å². The Morgan fingerprint density at radius 1 is 0.758 bits per heavy atom. The number of ether oxygens (including phenoxy) is 6. The smallest absolute Gasteiger partial charge is 0.348 e. The summed E-state index contributed by atoms with van der Waals surface area (Å²) in [5.41, 5.74) is -1.05. The Labute approximate surface area is 204 Å². The maximum Gasteiger partial charge on any atom is 0.348 e. The summed E-state index contributed by atoms with van der Waals surface area (Å²) in [6.45, 7) is 13.8. The van der Waals surface area contributed by atoms with Crippen LogP contribution < -0.4 is 0 Å². The standard InChI is InChI=1S/C24H44O8S/c1-17(2)27-13-15-29-21(25)23(5,6)31-19-9-8-10-20(12-11-19)32-24(7,33)22(26)30-16-14-28-18(3)4/h17-20,33H,8-16H2,1-7H3. The lowest BCUT2D eigenvalue weighted by atomic mass is 10.1. The van der Waals surface area contributed by atoms with Gasteiger partial charge in [0.25, 0.3) is 0 Å². The van der Waals surface area contributed by atoms with Crippen LogP contribution >= 0.6 is 12.6 Å². The number of hydrogen-bond donors (Lipinski definition) is 1. The molecule has 33 heavy (non-hydrogen) atoms. The molecule has 0 aromatic rings. The molecule has 1 saturated carbocycles. The van der Waals surface area contributed by atoms with Crippen LogP contribution in [0, 0.1) is 0 Å². The summed E-state index contributed by atoms with van der Waals surface area (Å²) < 4.78 is 33.4. The molecule has 0 bridgehead atoms. The Bertz CT molecular complexity index is 541.